The molecule has 6 heteroatoms. The van der Waals surface area contributed by atoms with Gasteiger partial charge in [0.25, 0.3) is 11.8 Å². The first kappa shape index (κ1) is 14.6. The molecule has 2 aromatic carbocycles. The topological polar surface area (TPSA) is 61.8 Å². The third kappa shape index (κ3) is 2.47. The number of carbonyl (C=O) groups is 2. The predicted molar refractivity (Wildman–Crippen MR) is 95.7 cm³/mol. The molecular weight excluding hydrogens is 322 g/mol. The fourth-order valence-electron chi connectivity index (χ4n) is 2.85. The summed E-state index contributed by atoms with van der Waals surface area (Å²) in [5.41, 5.74) is 3.88. The van der Waals surface area contributed by atoms with Gasteiger partial charge in [-0.05, 0) is 29.0 Å². The zero-order valence-electron chi connectivity index (χ0n) is 12.6. The number of carbonyl (C=O) groups excluding carboxylic acids is 2. The van der Waals surface area contributed by atoms with E-state index in [2.05, 4.69) is 10.5 Å². The van der Waals surface area contributed by atoms with Crippen LogP contribution in [0, 0.1) is 0 Å². The van der Waals surface area contributed by atoms with E-state index in [0.29, 0.717) is 5.56 Å². The van der Waals surface area contributed by atoms with Gasteiger partial charge >= 0.3 is 0 Å². The SMILES string of the molecule is O=C(CN1C(=O)c2cccc3cccc1c23)N/N=C\c1cccs1. The number of thiophene rings is 1. The molecule has 0 saturated carbocycles. The maximum Gasteiger partial charge on any atom is 0.260 e. The molecule has 1 aliphatic heterocycles. The Morgan fingerprint density at radius 3 is 2.79 bits per heavy atom. The summed E-state index contributed by atoms with van der Waals surface area (Å²) in [6, 6.07) is 15.1. The van der Waals surface area contributed by atoms with Gasteiger partial charge in [-0.25, -0.2) is 5.43 Å². The summed E-state index contributed by atoms with van der Waals surface area (Å²) in [4.78, 5) is 27.2. The molecule has 0 fully saturated rings. The van der Waals surface area contributed by atoms with Crippen LogP contribution >= 0.6 is 11.3 Å². The van der Waals surface area contributed by atoms with Crippen molar-refractivity contribution in [1.29, 1.82) is 0 Å². The van der Waals surface area contributed by atoms with Crippen LogP contribution in [0.2, 0.25) is 0 Å². The first-order valence-corrected chi connectivity index (χ1v) is 8.31. The number of amides is 2. The molecule has 5 nitrogen and oxygen atoms in total. The Morgan fingerprint density at radius 1 is 1.17 bits per heavy atom. The lowest BCUT2D eigenvalue weighted by molar-refractivity contribution is -0.119. The molecule has 2 heterocycles. The second-order valence-electron chi connectivity index (χ2n) is 5.38. The van der Waals surface area contributed by atoms with E-state index in [-0.39, 0.29) is 18.4 Å². The fraction of sp³-hybridized carbons (Fsp3) is 0.0556. The first-order valence-electron chi connectivity index (χ1n) is 7.43. The lowest BCUT2D eigenvalue weighted by Gasteiger charge is -2.16. The van der Waals surface area contributed by atoms with Crippen molar-refractivity contribution >= 4 is 45.8 Å². The van der Waals surface area contributed by atoms with E-state index < -0.39 is 0 Å². The van der Waals surface area contributed by atoms with Gasteiger partial charge in [0.15, 0.2) is 0 Å². The van der Waals surface area contributed by atoms with Crippen LogP contribution < -0.4 is 10.3 Å². The molecule has 4 rings (SSSR count). The maximum atomic E-state index is 12.6. The van der Waals surface area contributed by atoms with Crippen LogP contribution in [0.15, 0.2) is 59.0 Å². The molecule has 0 spiro atoms. The van der Waals surface area contributed by atoms with Crippen LogP contribution in [0.25, 0.3) is 10.8 Å². The molecule has 24 heavy (non-hydrogen) atoms. The minimum Gasteiger partial charge on any atom is -0.298 e. The third-order valence-corrected chi connectivity index (χ3v) is 4.68. The van der Waals surface area contributed by atoms with Crippen LogP contribution in [0.5, 0.6) is 0 Å². The second-order valence-corrected chi connectivity index (χ2v) is 6.36. The zero-order valence-corrected chi connectivity index (χ0v) is 13.4. The van der Waals surface area contributed by atoms with Crippen molar-refractivity contribution in [3.63, 3.8) is 0 Å². The van der Waals surface area contributed by atoms with Gasteiger partial charge in [0, 0.05) is 15.8 Å². The lowest BCUT2D eigenvalue weighted by atomic mass is 10.1. The molecular formula is C18H13N3O2S. The fourth-order valence-corrected chi connectivity index (χ4v) is 3.43. The van der Waals surface area contributed by atoms with Crippen LogP contribution in [0.4, 0.5) is 5.69 Å². The first-order chi connectivity index (χ1) is 11.7. The standard InChI is InChI=1S/C18H13N3O2S/c22-16(20-19-10-13-6-3-9-24-13)11-21-15-8-2-5-12-4-1-7-14(17(12)15)18(21)23/h1-10H,11H2,(H,20,22)/b19-10-. The largest absolute Gasteiger partial charge is 0.298 e. The Hall–Kier alpha value is -2.99. The van der Waals surface area contributed by atoms with Gasteiger partial charge in [-0.1, -0.05) is 30.3 Å². The summed E-state index contributed by atoms with van der Waals surface area (Å²) in [5, 5.41) is 7.76. The summed E-state index contributed by atoms with van der Waals surface area (Å²) in [5.74, 6) is -0.486. The Bertz CT molecular complexity index is 958. The van der Waals surface area contributed by atoms with E-state index in [9.17, 15) is 9.59 Å². The van der Waals surface area contributed by atoms with Crippen LogP contribution in [-0.4, -0.2) is 24.6 Å². The average Bonchev–Trinajstić information content (AvgIpc) is 3.19. The van der Waals surface area contributed by atoms with Crippen molar-refractivity contribution in [3.05, 3.63) is 64.4 Å². The summed E-state index contributed by atoms with van der Waals surface area (Å²) >= 11 is 1.53. The minimum atomic E-state index is -0.332. The number of hydrogen-bond donors (Lipinski definition) is 1. The highest BCUT2D eigenvalue weighted by molar-refractivity contribution is 7.11. The number of nitrogens with zero attached hydrogens (tertiary/aromatic N) is 2. The molecule has 3 aromatic rings. The summed E-state index contributed by atoms with van der Waals surface area (Å²) in [6.45, 7) is -0.0611. The van der Waals surface area contributed by atoms with Gasteiger partial charge in [0.1, 0.15) is 6.54 Å². The van der Waals surface area contributed by atoms with Crippen LogP contribution in [-0.2, 0) is 4.79 Å². The Balaban J connectivity index is 1.53. The Kier molecular flexibility index (Phi) is 3.59. The number of anilines is 1. The number of nitrogens with one attached hydrogen (secondary N) is 1. The molecule has 2 amide bonds. The summed E-state index contributed by atoms with van der Waals surface area (Å²) in [7, 11) is 0. The smallest absolute Gasteiger partial charge is 0.260 e. The Labute approximate surface area is 142 Å². The van der Waals surface area contributed by atoms with Crippen molar-refractivity contribution in [3.8, 4) is 0 Å². The van der Waals surface area contributed by atoms with Gasteiger partial charge in [-0.3, -0.25) is 14.5 Å². The molecule has 118 valence electrons. The number of hydrazone groups is 1. The van der Waals surface area contributed by atoms with E-state index in [1.165, 1.54) is 16.2 Å². The van der Waals surface area contributed by atoms with Crippen molar-refractivity contribution in [2.24, 2.45) is 5.10 Å². The molecule has 0 aliphatic carbocycles. The number of hydrogen-bond acceptors (Lipinski definition) is 4. The zero-order chi connectivity index (χ0) is 16.5. The van der Waals surface area contributed by atoms with Gasteiger partial charge in [-0.2, -0.15) is 5.10 Å². The van der Waals surface area contributed by atoms with Crippen molar-refractivity contribution in [2.45, 2.75) is 0 Å². The summed E-state index contributed by atoms with van der Waals surface area (Å²) in [6.07, 6.45) is 1.59. The molecule has 1 aliphatic rings. The van der Waals surface area contributed by atoms with Gasteiger partial charge in [-0.15, -0.1) is 11.3 Å². The lowest BCUT2D eigenvalue weighted by Crippen LogP contribution is -2.37. The number of benzene rings is 2. The second kappa shape index (κ2) is 5.90. The third-order valence-electron chi connectivity index (χ3n) is 3.88. The van der Waals surface area contributed by atoms with E-state index in [1.807, 2.05) is 47.8 Å². The minimum absolute atomic E-state index is 0.0611. The van der Waals surface area contributed by atoms with Crippen molar-refractivity contribution < 1.29 is 9.59 Å². The highest BCUT2D eigenvalue weighted by Gasteiger charge is 2.30. The van der Waals surface area contributed by atoms with Crippen molar-refractivity contribution in [1.82, 2.24) is 5.43 Å². The molecule has 0 saturated heterocycles. The van der Waals surface area contributed by atoms with E-state index in [0.717, 1.165) is 21.3 Å². The van der Waals surface area contributed by atoms with E-state index in [4.69, 9.17) is 0 Å². The monoisotopic (exact) mass is 335 g/mol. The van der Waals surface area contributed by atoms with Crippen molar-refractivity contribution in [2.75, 3.05) is 11.4 Å². The van der Waals surface area contributed by atoms with Gasteiger partial charge in [0.05, 0.1) is 11.9 Å². The van der Waals surface area contributed by atoms with Gasteiger partial charge in [0.2, 0.25) is 0 Å². The highest BCUT2D eigenvalue weighted by Crippen LogP contribution is 2.36. The predicted octanol–water partition coefficient (Wildman–Crippen LogP) is 3.01. The molecule has 1 aromatic heterocycles. The van der Waals surface area contributed by atoms with E-state index in [1.54, 1.807) is 12.3 Å². The van der Waals surface area contributed by atoms with Crippen LogP contribution in [0.1, 0.15) is 15.2 Å². The molecule has 0 atom stereocenters. The normalized spacial score (nSPS) is 13.2. The maximum absolute atomic E-state index is 12.6. The van der Waals surface area contributed by atoms with Gasteiger partial charge < -0.3 is 0 Å². The number of rotatable bonds is 4. The average molecular weight is 335 g/mol. The quantitative estimate of drug-likeness (QED) is 0.588. The molecule has 1 N–H and O–H groups in total. The molecule has 0 radical (unpaired) electrons. The van der Waals surface area contributed by atoms with E-state index >= 15 is 0 Å². The summed E-state index contributed by atoms with van der Waals surface area (Å²) < 4.78 is 0. The van der Waals surface area contributed by atoms with Crippen LogP contribution in [0.3, 0.4) is 0 Å². The Morgan fingerprint density at radius 2 is 2.00 bits per heavy atom. The molecule has 0 bridgehead atoms. The highest BCUT2D eigenvalue weighted by atomic mass is 32.1. The molecule has 0 unspecified atom stereocenters.